The molecule has 1 aromatic heterocycles. The average molecular weight is 442 g/mol. The van der Waals surface area contributed by atoms with Crippen molar-refractivity contribution in [1.82, 2.24) is 9.29 Å². The van der Waals surface area contributed by atoms with Gasteiger partial charge in [0.25, 0.3) is 0 Å². The fourth-order valence-electron chi connectivity index (χ4n) is 3.56. The number of hydrogen-bond acceptors (Lipinski definition) is 6. The standard InChI is InChI=1S/C22H23N3O3S2/c1-30(27,28)25-14-12-24(13-15-25)18-8-6-17(7-9-18)21(26)16-29-22-10-11-23-20-5-3-2-4-19(20)22/h2-11H,12-16H2,1H3. The number of benzene rings is 2. The Morgan fingerprint density at radius 3 is 2.40 bits per heavy atom. The second-order valence-corrected chi connectivity index (χ2v) is 10.2. The van der Waals surface area contributed by atoms with Gasteiger partial charge in [-0.25, -0.2) is 8.42 Å². The molecule has 0 atom stereocenters. The number of fused-ring (bicyclic) bond motifs is 1. The Morgan fingerprint density at radius 2 is 1.70 bits per heavy atom. The Labute approximate surface area is 181 Å². The summed E-state index contributed by atoms with van der Waals surface area (Å²) in [6, 6.07) is 17.5. The number of carbonyl (C=O) groups excluding carboxylic acids is 1. The quantitative estimate of drug-likeness (QED) is 0.432. The van der Waals surface area contributed by atoms with Crippen LogP contribution >= 0.6 is 11.8 Å². The Bertz CT molecular complexity index is 1150. The molecule has 0 unspecified atom stereocenters. The molecular formula is C22H23N3O3S2. The number of nitrogens with zero attached hydrogens (tertiary/aromatic N) is 3. The highest BCUT2D eigenvalue weighted by Crippen LogP contribution is 2.27. The summed E-state index contributed by atoms with van der Waals surface area (Å²) in [5, 5.41) is 1.06. The second kappa shape index (κ2) is 8.75. The van der Waals surface area contributed by atoms with Crippen LogP contribution in [0.1, 0.15) is 10.4 Å². The number of rotatable bonds is 6. The highest BCUT2D eigenvalue weighted by Gasteiger charge is 2.23. The zero-order valence-electron chi connectivity index (χ0n) is 16.7. The third-order valence-electron chi connectivity index (χ3n) is 5.23. The first-order valence-corrected chi connectivity index (χ1v) is 12.5. The van der Waals surface area contributed by atoms with E-state index in [4.69, 9.17) is 0 Å². The van der Waals surface area contributed by atoms with Gasteiger partial charge in [0.05, 0.1) is 17.5 Å². The summed E-state index contributed by atoms with van der Waals surface area (Å²) in [6.45, 7) is 2.25. The molecule has 3 aromatic rings. The van der Waals surface area contributed by atoms with Crippen molar-refractivity contribution in [1.29, 1.82) is 0 Å². The number of anilines is 1. The van der Waals surface area contributed by atoms with Crippen LogP contribution in [0.2, 0.25) is 0 Å². The van der Waals surface area contributed by atoms with Gasteiger partial charge in [0.15, 0.2) is 5.78 Å². The number of pyridine rings is 1. The summed E-state index contributed by atoms with van der Waals surface area (Å²) in [7, 11) is -3.14. The van der Waals surface area contributed by atoms with Crippen LogP contribution in [0.3, 0.4) is 0 Å². The number of ketones is 1. The first-order valence-electron chi connectivity index (χ1n) is 9.72. The third-order valence-corrected chi connectivity index (χ3v) is 7.61. The van der Waals surface area contributed by atoms with Gasteiger partial charge in [-0.1, -0.05) is 18.2 Å². The summed E-state index contributed by atoms with van der Waals surface area (Å²) in [5.41, 5.74) is 2.61. The third kappa shape index (κ3) is 4.66. The van der Waals surface area contributed by atoms with E-state index in [1.807, 2.05) is 54.6 Å². The molecule has 1 aliphatic rings. The summed E-state index contributed by atoms with van der Waals surface area (Å²) in [5.74, 6) is 0.440. The number of carbonyl (C=O) groups is 1. The van der Waals surface area contributed by atoms with Crippen LogP contribution in [-0.2, 0) is 10.0 Å². The van der Waals surface area contributed by atoms with Gasteiger partial charge in [-0.05, 0) is 36.4 Å². The molecule has 0 radical (unpaired) electrons. The van der Waals surface area contributed by atoms with E-state index in [1.54, 1.807) is 6.20 Å². The van der Waals surface area contributed by atoms with Gasteiger partial charge in [0.1, 0.15) is 0 Å². The van der Waals surface area contributed by atoms with Crippen molar-refractivity contribution in [2.45, 2.75) is 4.90 Å². The van der Waals surface area contributed by atoms with Gasteiger partial charge in [0.2, 0.25) is 10.0 Å². The molecule has 2 heterocycles. The molecule has 1 saturated heterocycles. The van der Waals surface area contributed by atoms with Gasteiger partial charge in [0, 0.05) is 53.9 Å². The van der Waals surface area contributed by atoms with E-state index in [0.717, 1.165) is 21.5 Å². The van der Waals surface area contributed by atoms with Gasteiger partial charge in [-0.3, -0.25) is 9.78 Å². The maximum absolute atomic E-state index is 12.7. The smallest absolute Gasteiger partial charge is 0.211 e. The van der Waals surface area contributed by atoms with Crippen molar-refractivity contribution in [2.75, 3.05) is 43.1 Å². The molecule has 0 N–H and O–H groups in total. The lowest BCUT2D eigenvalue weighted by Crippen LogP contribution is -2.48. The first kappa shape index (κ1) is 20.8. The molecule has 0 aliphatic carbocycles. The van der Waals surface area contributed by atoms with Gasteiger partial charge in [-0.15, -0.1) is 11.8 Å². The molecular weight excluding hydrogens is 418 g/mol. The Morgan fingerprint density at radius 1 is 1.00 bits per heavy atom. The Hall–Kier alpha value is -2.42. The molecule has 156 valence electrons. The maximum atomic E-state index is 12.7. The maximum Gasteiger partial charge on any atom is 0.211 e. The number of para-hydroxylation sites is 1. The molecule has 0 saturated carbocycles. The zero-order valence-corrected chi connectivity index (χ0v) is 18.3. The lowest BCUT2D eigenvalue weighted by molar-refractivity contribution is 0.102. The van der Waals surface area contributed by atoms with Crippen LogP contribution in [0.25, 0.3) is 10.9 Å². The molecule has 4 rings (SSSR count). The van der Waals surface area contributed by atoms with Crippen LogP contribution in [0, 0.1) is 0 Å². The molecule has 8 heteroatoms. The highest BCUT2D eigenvalue weighted by atomic mass is 32.2. The van der Waals surface area contributed by atoms with Crippen LogP contribution in [0.4, 0.5) is 5.69 Å². The van der Waals surface area contributed by atoms with E-state index in [2.05, 4.69) is 9.88 Å². The van der Waals surface area contributed by atoms with E-state index in [1.165, 1.54) is 22.3 Å². The number of piperazine rings is 1. The monoisotopic (exact) mass is 441 g/mol. The van der Waals surface area contributed by atoms with Gasteiger partial charge < -0.3 is 4.90 Å². The minimum Gasteiger partial charge on any atom is -0.369 e. The van der Waals surface area contributed by atoms with Gasteiger partial charge in [-0.2, -0.15) is 4.31 Å². The van der Waals surface area contributed by atoms with Crippen LogP contribution in [0.5, 0.6) is 0 Å². The molecule has 1 fully saturated rings. The second-order valence-electron chi connectivity index (χ2n) is 7.23. The summed E-state index contributed by atoms with van der Waals surface area (Å²) < 4.78 is 24.8. The predicted molar refractivity (Wildman–Crippen MR) is 122 cm³/mol. The minimum absolute atomic E-state index is 0.0781. The lowest BCUT2D eigenvalue weighted by atomic mass is 10.1. The Balaban J connectivity index is 1.38. The van der Waals surface area contributed by atoms with Crippen molar-refractivity contribution in [3.8, 4) is 0 Å². The van der Waals surface area contributed by atoms with Crippen molar-refractivity contribution in [2.24, 2.45) is 0 Å². The largest absolute Gasteiger partial charge is 0.369 e. The van der Waals surface area contributed by atoms with E-state index >= 15 is 0 Å². The molecule has 0 amide bonds. The summed E-state index contributed by atoms with van der Waals surface area (Å²) in [4.78, 5) is 20.2. The van der Waals surface area contributed by atoms with Crippen molar-refractivity contribution in [3.63, 3.8) is 0 Å². The van der Waals surface area contributed by atoms with Crippen molar-refractivity contribution < 1.29 is 13.2 Å². The Kier molecular flexibility index (Phi) is 6.08. The molecule has 1 aliphatic heterocycles. The average Bonchev–Trinajstić information content (AvgIpc) is 2.77. The van der Waals surface area contributed by atoms with E-state index in [-0.39, 0.29) is 5.78 Å². The van der Waals surface area contributed by atoms with Crippen LogP contribution in [-0.4, -0.2) is 61.7 Å². The molecule has 0 bridgehead atoms. The SMILES string of the molecule is CS(=O)(=O)N1CCN(c2ccc(C(=O)CSc3ccnc4ccccc34)cc2)CC1. The van der Waals surface area contributed by atoms with E-state index in [0.29, 0.717) is 37.5 Å². The molecule has 2 aromatic carbocycles. The molecule has 6 nitrogen and oxygen atoms in total. The number of Topliss-reactive ketones (excluding diaryl/α,β-unsaturated/α-hetero) is 1. The van der Waals surface area contributed by atoms with Gasteiger partial charge >= 0.3 is 0 Å². The van der Waals surface area contributed by atoms with Crippen LogP contribution < -0.4 is 4.90 Å². The number of aromatic nitrogens is 1. The fraction of sp³-hybridized carbons (Fsp3) is 0.273. The van der Waals surface area contributed by atoms with Crippen molar-refractivity contribution >= 4 is 44.2 Å². The van der Waals surface area contributed by atoms with Crippen LogP contribution in [0.15, 0.2) is 65.7 Å². The molecule has 30 heavy (non-hydrogen) atoms. The predicted octanol–water partition coefficient (Wildman–Crippen LogP) is 3.29. The summed E-state index contributed by atoms with van der Waals surface area (Å²) >= 11 is 1.53. The number of thioether (sulfide) groups is 1. The summed E-state index contributed by atoms with van der Waals surface area (Å²) in [6.07, 6.45) is 3.02. The molecule has 0 spiro atoms. The topological polar surface area (TPSA) is 70.6 Å². The fourth-order valence-corrected chi connectivity index (χ4v) is 5.32. The zero-order chi connectivity index (χ0) is 21.1. The van der Waals surface area contributed by atoms with E-state index in [9.17, 15) is 13.2 Å². The normalized spacial score (nSPS) is 15.4. The number of sulfonamides is 1. The minimum atomic E-state index is -3.14. The van der Waals surface area contributed by atoms with Crippen molar-refractivity contribution in [3.05, 3.63) is 66.4 Å². The number of hydrogen-bond donors (Lipinski definition) is 0. The first-order chi connectivity index (χ1) is 14.4. The van der Waals surface area contributed by atoms with E-state index < -0.39 is 10.0 Å². The highest BCUT2D eigenvalue weighted by molar-refractivity contribution is 8.00. The lowest BCUT2D eigenvalue weighted by Gasteiger charge is -2.34.